The molecule has 2 aromatic rings. The Morgan fingerprint density at radius 1 is 0.905 bits per heavy atom. The van der Waals surface area contributed by atoms with Gasteiger partial charge in [0.25, 0.3) is 0 Å². The number of carboxylic acid groups (broad SMARTS) is 1. The molecule has 0 bridgehead atoms. The zero-order valence-electron chi connectivity index (χ0n) is 10.6. The van der Waals surface area contributed by atoms with Crippen LogP contribution in [0.1, 0.15) is 10.4 Å². The number of anilines is 2. The average molecular weight is 325 g/mol. The number of benzene rings is 2. The quantitative estimate of drug-likeness (QED) is 0.785. The molecule has 0 spiro atoms. The number of hydrogen-bond acceptors (Lipinski definition) is 2. The number of hydrogen-bond donors (Lipinski definition) is 3. The van der Waals surface area contributed by atoms with Crippen LogP contribution < -0.4 is 10.6 Å². The number of carbonyl (C=O) groups is 2. The molecule has 0 aromatic heterocycles. The predicted octanol–water partition coefficient (Wildman–Crippen LogP) is 4.34. The topological polar surface area (TPSA) is 78.4 Å². The lowest BCUT2D eigenvalue weighted by Gasteiger charge is -2.10. The fraction of sp³-hybridized carbons (Fsp3) is 0. The third kappa shape index (κ3) is 3.87. The summed E-state index contributed by atoms with van der Waals surface area (Å²) in [6.07, 6.45) is 0. The Labute approximate surface area is 130 Å². The van der Waals surface area contributed by atoms with E-state index in [1.165, 1.54) is 18.2 Å². The standard InChI is InChI=1S/C14H10Cl2N2O3/c15-9-3-1-2-4-11(9)17-14(21)18-12-6-5-8(13(19)20)7-10(12)16/h1-7H,(H,19,20)(H2,17,18,21). The van der Waals surface area contributed by atoms with Crippen molar-refractivity contribution in [2.24, 2.45) is 0 Å². The second kappa shape index (κ2) is 6.47. The maximum absolute atomic E-state index is 11.8. The highest BCUT2D eigenvalue weighted by Crippen LogP contribution is 2.24. The van der Waals surface area contributed by atoms with Gasteiger partial charge in [0.1, 0.15) is 0 Å². The van der Waals surface area contributed by atoms with Crippen LogP contribution in [0, 0.1) is 0 Å². The molecule has 0 saturated carbocycles. The summed E-state index contributed by atoms with van der Waals surface area (Å²) in [5.74, 6) is -1.09. The van der Waals surface area contributed by atoms with E-state index in [0.717, 1.165) is 0 Å². The van der Waals surface area contributed by atoms with Crippen molar-refractivity contribution in [3.8, 4) is 0 Å². The van der Waals surface area contributed by atoms with Gasteiger partial charge in [-0.25, -0.2) is 9.59 Å². The highest BCUT2D eigenvalue weighted by molar-refractivity contribution is 6.35. The van der Waals surface area contributed by atoms with E-state index in [2.05, 4.69) is 10.6 Å². The van der Waals surface area contributed by atoms with Gasteiger partial charge in [-0.3, -0.25) is 0 Å². The fourth-order valence-corrected chi connectivity index (χ4v) is 2.00. The predicted molar refractivity (Wildman–Crippen MR) is 82.5 cm³/mol. The first-order valence-electron chi connectivity index (χ1n) is 5.83. The molecular formula is C14H10Cl2N2O3. The number of nitrogens with one attached hydrogen (secondary N) is 2. The molecule has 0 heterocycles. The molecule has 2 rings (SSSR count). The molecule has 108 valence electrons. The average Bonchev–Trinajstić information content (AvgIpc) is 2.43. The van der Waals surface area contributed by atoms with Gasteiger partial charge < -0.3 is 15.7 Å². The van der Waals surface area contributed by atoms with Crippen LogP contribution in [0.4, 0.5) is 16.2 Å². The lowest BCUT2D eigenvalue weighted by Crippen LogP contribution is -2.19. The SMILES string of the molecule is O=C(Nc1ccccc1Cl)Nc1ccc(C(=O)O)cc1Cl. The maximum Gasteiger partial charge on any atom is 0.335 e. The van der Waals surface area contributed by atoms with Gasteiger partial charge in [0, 0.05) is 0 Å². The van der Waals surface area contributed by atoms with Gasteiger partial charge in [-0.1, -0.05) is 35.3 Å². The number of amides is 2. The zero-order chi connectivity index (χ0) is 15.4. The van der Waals surface area contributed by atoms with E-state index in [0.29, 0.717) is 16.4 Å². The van der Waals surface area contributed by atoms with Gasteiger partial charge in [-0.15, -0.1) is 0 Å². The summed E-state index contributed by atoms with van der Waals surface area (Å²) in [6.45, 7) is 0. The second-order valence-corrected chi connectivity index (χ2v) is 4.87. The van der Waals surface area contributed by atoms with Gasteiger partial charge >= 0.3 is 12.0 Å². The maximum atomic E-state index is 11.8. The third-order valence-electron chi connectivity index (χ3n) is 2.59. The Hall–Kier alpha value is -2.24. The molecule has 0 unspecified atom stereocenters. The lowest BCUT2D eigenvalue weighted by atomic mass is 10.2. The first kappa shape index (κ1) is 15.2. The molecule has 2 aromatic carbocycles. The molecule has 0 aliphatic carbocycles. The normalized spacial score (nSPS) is 10.0. The van der Waals surface area contributed by atoms with Gasteiger partial charge in [0.2, 0.25) is 0 Å². The first-order valence-corrected chi connectivity index (χ1v) is 6.58. The Balaban J connectivity index is 2.10. The number of aromatic carboxylic acids is 1. The highest BCUT2D eigenvalue weighted by atomic mass is 35.5. The molecule has 7 heteroatoms. The first-order chi connectivity index (χ1) is 9.97. The number of carboxylic acids is 1. The van der Waals surface area contributed by atoms with E-state index in [-0.39, 0.29) is 10.6 Å². The van der Waals surface area contributed by atoms with Crippen molar-refractivity contribution < 1.29 is 14.7 Å². The van der Waals surface area contributed by atoms with Crippen molar-refractivity contribution >= 4 is 46.6 Å². The summed E-state index contributed by atoms with van der Waals surface area (Å²) in [4.78, 5) is 22.6. The van der Waals surface area contributed by atoms with E-state index >= 15 is 0 Å². The highest BCUT2D eigenvalue weighted by Gasteiger charge is 2.10. The van der Waals surface area contributed by atoms with Crippen molar-refractivity contribution in [3.05, 3.63) is 58.1 Å². The summed E-state index contributed by atoms with van der Waals surface area (Å²) in [5.41, 5.74) is 0.790. The molecule has 5 nitrogen and oxygen atoms in total. The monoisotopic (exact) mass is 324 g/mol. The minimum absolute atomic E-state index is 0.0389. The van der Waals surface area contributed by atoms with Gasteiger partial charge in [0.05, 0.1) is 27.0 Å². The van der Waals surface area contributed by atoms with Crippen LogP contribution in [-0.4, -0.2) is 17.1 Å². The molecular weight excluding hydrogens is 315 g/mol. The fourth-order valence-electron chi connectivity index (χ4n) is 1.59. The van der Waals surface area contributed by atoms with Crippen molar-refractivity contribution in [1.29, 1.82) is 0 Å². The van der Waals surface area contributed by atoms with Gasteiger partial charge in [-0.2, -0.15) is 0 Å². The molecule has 0 aliphatic heterocycles. The summed E-state index contributed by atoms with van der Waals surface area (Å²) >= 11 is 11.8. The van der Waals surface area contributed by atoms with Crippen LogP contribution in [0.15, 0.2) is 42.5 Å². The Morgan fingerprint density at radius 2 is 1.52 bits per heavy atom. The number of halogens is 2. The second-order valence-electron chi connectivity index (χ2n) is 4.06. The molecule has 0 radical (unpaired) electrons. The van der Waals surface area contributed by atoms with Crippen LogP contribution in [0.3, 0.4) is 0 Å². The minimum atomic E-state index is -1.09. The van der Waals surface area contributed by atoms with E-state index in [9.17, 15) is 9.59 Å². The summed E-state index contributed by atoms with van der Waals surface area (Å²) in [7, 11) is 0. The molecule has 2 amide bonds. The zero-order valence-corrected chi connectivity index (χ0v) is 12.1. The van der Waals surface area contributed by atoms with Gasteiger partial charge in [-0.05, 0) is 30.3 Å². The Bertz CT molecular complexity index is 704. The Kier molecular flexibility index (Phi) is 4.67. The number of carbonyl (C=O) groups excluding carboxylic acids is 1. The van der Waals surface area contributed by atoms with Crippen LogP contribution in [0.2, 0.25) is 10.0 Å². The Morgan fingerprint density at radius 3 is 2.10 bits per heavy atom. The third-order valence-corrected chi connectivity index (χ3v) is 3.23. The lowest BCUT2D eigenvalue weighted by molar-refractivity contribution is 0.0697. The molecule has 0 aliphatic rings. The summed E-state index contributed by atoms with van der Waals surface area (Å²) < 4.78 is 0. The number of rotatable bonds is 3. The molecule has 0 atom stereocenters. The molecule has 0 fully saturated rings. The summed E-state index contributed by atoms with van der Waals surface area (Å²) in [6, 6.07) is 10.3. The van der Waals surface area contributed by atoms with Crippen molar-refractivity contribution in [3.63, 3.8) is 0 Å². The number of urea groups is 1. The van der Waals surface area contributed by atoms with Crippen LogP contribution in [-0.2, 0) is 0 Å². The largest absolute Gasteiger partial charge is 0.478 e. The summed E-state index contributed by atoms with van der Waals surface area (Å²) in [5, 5.41) is 14.5. The van der Waals surface area contributed by atoms with Crippen molar-refractivity contribution in [1.82, 2.24) is 0 Å². The van der Waals surface area contributed by atoms with Crippen molar-refractivity contribution in [2.75, 3.05) is 10.6 Å². The smallest absolute Gasteiger partial charge is 0.335 e. The van der Waals surface area contributed by atoms with Crippen LogP contribution >= 0.6 is 23.2 Å². The van der Waals surface area contributed by atoms with Gasteiger partial charge in [0.15, 0.2) is 0 Å². The van der Waals surface area contributed by atoms with E-state index in [1.807, 2.05) is 0 Å². The van der Waals surface area contributed by atoms with Crippen molar-refractivity contribution in [2.45, 2.75) is 0 Å². The minimum Gasteiger partial charge on any atom is -0.478 e. The number of para-hydroxylation sites is 1. The van der Waals surface area contributed by atoms with Crippen LogP contribution in [0.5, 0.6) is 0 Å². The molecule has 0 saturated heterocycles. The van der Waals surface area contributed by atoms with E-state index in [4.69, 9.17) is 28.3 Å². The van der Waals surface area contributed by atoms with E-state index < -0.39 is 12.0 Å². The van der Waals surface area contributed by atoms with Crippen LogP contribution in [0.25, 0.3) is 0 Å². The molecule has 21 heavy (non-hydrogen) atoms. The molecule has 3 N–H and O–H groups in total. The van der Waals surface area contributed by atoms with E-state index in [1.54, 1.807) is 24.3 Å².